The monoisotopic (exact) mass is 422 g/mol. The Morgan fingerprint density at radius 3 is 2.23 bits per heavy atom. The van der Waals surface area contributed by atoms with Crippen LogP contribution in [0, 0.1) is 0 Å². The summed E-state index contributed by atoms with van der Waals surface area (Å²) in [7, 11) is 0. The van der Waals surface area contributed by atoms with Gasteiger partial charge in [0, 0.05) is 37.6 Å². The molecular formula is C24H30N4O3. The fourth-order valence-corrected chi connectivity index (χ4v) is 4.27. The zero-order chi connectivity index (χ0) is 21.6. The molecule has 0 bridgehead atoms. The summed E-state index contributed by atoms with van der Waals surface area (Å²) >= 11 is 0. The second kappa shape index (κ2) is 9.92. The summed E-state index contributed by atoms with van der Waals surface area (Å²) in [6.45, 7) is 4.67. The molecule has 2 saturated heterocycles. The summed E-state index contributed by atoms with van der Waals surface area (Å²) in [6, 6.07) is 10.7. The molecule has 4 rings (SSSR count). The minimum absolute atomic E-state index is 0.0366. The first-order valence-electron chi connectivity index (χ1n) is 11.2. The number of aromatic nitrogens is 1. The Balaban J connectivity index is 1.38. The summed E-state index contributed by atoms with van der Waals surface area (Å²) in [4.78, 5) is 41.6. The largest absolute Gasteiger partial charge is 0.341 e. The van der Waals surface area contributed by atoms with Gasteiger partial charge >= 0.3 is 0 Å². The molecule has 0 unspecified atom stereocenters. The Morgan fingerprint density at radius 2 is 1.52 bits per heavy atom. The third-order valence-corrected chi connectivity index (χ3v) is 6.08. The number of carbonyl (C=O) groups is 2. The molecule has 2 amide bonds. The number of carbonyl (C=O) groups excluding carboxylic acids is 2. The predicted molar refractivity (Wildman–Crippen MR) is 120 cm³/mol. The molecule has 1 aromatic heterocycles. The van der Waals surface area contributed by atoms with Crippen molar-refractivity contribution in [1.82, 2.24) is 14.4 Å². The zero-order valence-corrected chi connectivity index (χ0v) is 17.9. The van der Waals surface area contributed by atoms with Crippen molar-refractivity contribution in [2.24, 2.45) is 0 Å². The Bertz CT molecular complexity index is 971. The van der Waals surface area contributed by atoms with Gasteiger partial charge in [0.05, 0.1) is 5.56 Å². The molecule has 0 aliphatic carbocycles. The highest BCUT2D eigenvalue weighted by atomic mass is 16.2. The lowest BCUT2D eigenvalue weighted by Gasteiger charge is -2.27. The van der Waals surface area contributed by atoms with E-state index in [0.717, 1.165) is 52.0 Å². The number of rotatable bonds is 6. The van der Waals surface area contributed by atoms with Crippen LogP contribution >= 0.6 is 0 Å². The van der Waals surface area contributed by atoms with E-state index >= 15 is 0 Å². The van der Waals surface area contributed by atoms with Crippen LogP contribution in [-0.2, 0) is 17.9 Å². The van der Waals surface area contributed by atoms with E-state index in [1.54, 1.807) is 4.90 Å². The number of nitrogens with one attached hydrogen (secondary N) is 1. The summed E-state index contributed by atoms with van der Waals surface area (Å²) in [5.41, 5.74) is 2.00. The van der Waals surface area contributed by atoms with Crippen LogP contribution in [0.3, 0.4) is 0 Å². The van der Waals surface area contributed by atoms with Crippen molar-refractivity contribution < 1.29 is 9.59 Å². The maximum absolute atomic E-state index is 12.7. The van der Waals surface area contributed by atoms with Crippen LogP contribution in [0.25, 0.3) is 0 Å². The lowest BCUT2D eigenvalue weighted by atomic mass is 10.1. The summed E-state index contributed by atoms with van der Waals surface area (Å²) < 4.78 is 1.32. The number of likely N-dealkylation sites (tertiary alicyclic amines) is 2. The molecule has 1 N–H and O–H groups in total. The van der Waals surface area contributed by atoms with E-state index in [2.05, 4.69) is 10.2 Å². The van der Waals surface area contributed by atoms with E-state index in [0.29, 0.717) is 11.3 Å². The standard InChI is InChI=1S/C24H30N4O3/c29-22-11-8-20(17-28(22)18-23(30)27-14-2-1-3-15-27)24(31)25-21-9-6-19(7-10-21)16-26-12-4-5-13-26/h6-11,17H,1-5,12-16,18H2,(H,25,31). The maximum Gasteiger partial charge on any atom is 0.257 e. The topological polar surface area (TPSA) is 74.6 Å². The van der Waals surface area contributed by atoms with E-state index in [1.165, 1.54) is 41.3 Å². The van der Waals surface area contributed by atoms with E-state index in [4.69, 9.17) is 0 Å². The number of hydrogen-bond donors (Lipinski definition) is 1. The Labute approximate surface area is 182 Å². The Morgan fingerprint density at radius 1 is 0.839 bits per heavy atom. The van der Waals surface area contributed by atoms with Crippen molar-refractivity contribution in [2.75, 3.05) is 31.5 Å². The average Bonchev–Trinajstić information content (AvgIpc) is 3.30. The molecule has 7 heteroatoms. The van der Waals surface area contributed by atoms with Crippen LogP contribution in [0.5, 0.6) is 0 Å². The number of amides is 2. The maximum atomic E-state index is 12.7. The third kappa shape index (κ3) is 5.61. The molecule has 0 spiro atoms. The third-order valence-electron chi connectivity index (χ3n) is 6.08. The highest BCUT2D eigenvalue weighted by Crippen LogP contribution is 2.16. The molecule has 7 nitrogen and oxygen atoms in total. The molecule has 3 heterocycles. The molecule has 1 aromatic carbocycles. The molecule has 0 atom stereocenters. The van der Waals surface area contributed by atoms with Gasteiger partial charge in [-0.1, -0.05) is 12.1 Å². The van der Waals surface area contributed by atoms with Crippen molar-refractivity contribution in [3.05, 3.63) is 64.1 Å². The van der Waals surface area contributed by atoms with Crippen LogP contribution in [0.2, 0.25) is 0 Å². The Kier molecular flexibility index (Phi) is 6.82. The van der Waals surface area contributed by atoms with E-state index in [-0.39, 0.29) is 23.9 Å². The van der Waals surface area contributed by atoms with Gasteiger partial charge in [0.15, 0.2) is 0 Å². The lowest BCUT2D eigenvalue weighted by Crippen LogP contribution is -2.39. The van der Waals surface area contributed by atoms with Gasteiger partial charge in [-0.15, -0.1) is 0 Å². The van der Waals surface area contributed by atoms with Crippen molar-refractivity contribution in [1.29, 1.82) is 0 Å². The first-order chi connectivity index (χ1) is 15.1. The van der Waals surface area contributed by atoms with E-state index < -0.39 is 0 Å². The second-order valence-corrected chi connectivity index (χ2v) is 8.46. The fourth-order valence-electron chi connectivity index (χ4n) is 4.27. The molecule has 0 saturated carbocycles. The Hall–Kier alpha value is -2.93. The lowest BCUT2D eigenvalue weighted by molar-refractivity contribution is -0.132. The van der Waals surface area contributed by atoms with Crippen LogP contribution in [0.1, 0.15) is 48.0 Å². The van der Waals surface area contributed by atoms with Gasteiger partial charge in [-0.2, -0.15) is 0 Å². The molecule has 31 heavy (non-hydrogen) atoms. The van der Waals surface area contributed by atoms with Crippen molar-refractivity contribution >= 4 is 17.5 Å². The minimum atomic E-state index is -0.300. The number of piperidine rings is 1. The smallest absolute Gasteiger partial charge is 0.257 e. The van der Waals surface area contributed by atoms with Crippen LogP contribution < -0.4 is 10.9 Å². The fraction of sp³-hybridized carbons (Fsp3) is 0.458. The van der Waals surface area contributed by atoms with Crippen LogP contribution in [0.4, 0.5) is 5.69 Å². The molecule has 0 radical (unpaired) electrons. The molecule has 2 fully saturated rings. The van der Waals surface area contributed by atoms with Crippen molar-refractivity contribution in [3.63, 3.8) is 0 Å². The first kappa shape index (κ1) is 21.3. The normalized spacial score (nSPS) is 17.0. The molecule has 2 aromatic rings. The molecule has 2 aliphatic heterocycles. The minimum Gasteiger partial charge on any atom is -0.341 e. The molecule has 2 aliphatic rings. The predicted octanol–water partition coefficient (Wildman–Crippen LogP) is 2.71. The summed E-state index contributed by atoms with van der Waals surface area (Å²) in [6.07, 6.45) is 7.14. The van der Waals surface area contributed by atoms with Gasteiger partial charge in [-0.3, -0.25) is 19.3 Å². The second-order valence-electron chi connectivity index (χ2n) is 8.46. The highest BCUT2D eigenvalue weighted by molar-refractivity contribution is 6.04. The van der Waals surface area contributed by atoms with Crippen LogP contribution in [0.15, 0.2) is 47.4 Å². The summed E-state index contributed by atoms with van der Waals surface area (Å²) in [5, 5.41) is 2.88. The summed E-state index contributed by atoms with van der Waals surface area (Å²) in [5.74, 6) is -0.376. The number of benzene rings is 1. The zero-order valence-electron chi connectivity index (χ0n) is 17.9. The average molecular weight is 423 g/mol. The number of pyridine rings is 1. The number of hydrogen-bond acceptors (Lipinski definition) is 4. The van der Waals surface area contributed by atoms with Crippen molar-refractivity contribution in [2.45, 2.75) is 45.2 Å². The van der Waals surface area contributed by atoms with Crippen molar-refractivity contribution in [3.8, 4) is 0 Å². The van der Waals surface area contributed by atoms with Crippen LogP contribution in [-0.4, -0.2) is 52.4 Å². The molecular weight excluding hydrogens is 392 g/mol. The number of nitrogens with zero attached hydrogens (tertiary/aromatic N) is 3. The van der Waals surface area contributed by atoms with Gasteiger partial charge in [0.2, 0.25) is 5.91 Å². The quantitative estimate of drug-likeness (QED) is 0.777. The highest BCUT2D eigenvalue weighted by Gasteiger charge is 2.18. The number of anilines is 1. The van der Waals surface area contributed by atoms with Gasteiger partial charge < -0.3 is 14.8 Å². The van der Waals surface area contributed by atoms with Gasteiger partial charge in [-0.25, -0.2) is 0 Å². The van der Waals surface area contributed by atoms with E-state index in [1.807, 2.05) is 24.3 Å². The SMILES string of the molecule is O=C(Nc1ccc(CN2CCCC2)cc1)c1ccc(=O)n(CC(=O)N2CCCCC2)c1. The molecule has 164 valence electrons. The van der Waals surface area contributed by atoms with Gasteiger partial charge in [0.25, 0.3) is 11.5 Å². The van der Waals surface area contributed by atoms with E-state index in [9.17, 15) is 14.4 Å². The van der Waals surface area contributed by atoms with Gasteiger partial charge in [-0.05, 0) is 69.0 Å². The first-order valence-corrected chi connectivity index (χ1v) is 11.2. The van der Waals surface area contributed by atoms with Gasteiger partial charge in [0.1, 0.15) is 6.54 Å².